The van der Waals surface area contributed by atoms with Crippen LogP contribution in [0.1, 0.15) is 73.1 Å². The summed E-state index contributed by atoms with van der Waals surface area (Å²) in [5.41, 5.74) is 0.137. The fourth-order valence-electron chi connectivity index (χ4n) is 4.40. The van der Waals surface area contributed by atoms with Crippen molar-refractivity contribution >= 4 is 6.03 Å². The van der Waals surface area contributed by atoms with Gasteiger partial charge in [0.15, 0.2) is 0 Å². The Morgan fingerprint density at radius 2 is 1.57 bits per heavy atom. The van der Waals surface area contributed by atoms with Crippen molar-refractivity contribution < 1.29 is 4.79 Å². The highest BCUT2D eigenvalue weighted by molar-refractivity contribution is 5.74. The zero-order valence-corrected chi connectivity index (χ0v) is 14.4. The summed E-state index contributed by atoms with van der Waals surface area (Å²) >= 11 is 0. The van der Waals surface area contributed by atoms with Crippen molar-refractivity contribution in [2.75, 3.05) is 0 Å². The van der Waals surface area contributed by atoms with Crippen LogP contribution in [0.3, 0.4) is 0 Å². The van der Waals surface area contributed by atoms with Crippen LogP contribution in [0.5, 0.6) is 0 Å². The molecular formula is C17H33N3O. The van der Waals surface area contributed by atoms with Gasteiger partial charge >= 0.3 is 6.03 Å². The van der Waals surface area contributed by atoms with Gasteiger partial charge in [-0.15, -0.1) is 0 Å². The van der Waals surface area contributed by atoms with Crippen LogP contribution in [0.25, 0.3) is 0 Å². The van der Waals surface area contributed by atoms with Crippen LogP contribution in [0, 0.1) is 5.92 Å². The largest absolute Gasteiger partial charge is 0.335 e. The van der Waals surface area contributed by atoms with E-state index in [9.17, 15) is 4.79 Å². The van der Waals surface area contributed by atoms with Gasteiger partial charge in [0.2, 0.25) is 0 Å². The molecule has 1 saturated heterocycles. The summed E-state index contributed by atoms with van der Waals surface area (Å²) in [7, 11) is 0. The first-order chi connectivity index (χ1) is 9.65. The van der Waals surface area contributed by atoms with Gasteiger partial charge in [-0.3, -0.25) is 0 Å². The standard InChI is InChI=1S/C17H33N3O/c1-12-7-6-8-13(9-12)18-15(21)19-14-10-16(2,3)20-17(4,5)11-14/h12-14,20H,6-11H2,1-5H3,(H2,18,19,21)/t12-,13+/m0/s1. The molecule has 1 heterocycles. The molecule has 2 amide bonds. The molecule has 1 aliphatic carbocycles. The SMILES string of the molecule is C[C@H]1CCC[C@@H](NC(=O)NC2CC(C)(C)NC(C)(C)C2)C1. The lowest BCUT2D eigenvalue weighted by molar-refractivity contribution is 0.146. The molecule has 3 N–H and O–H groups in total. The molecular weight excluding hydrogens is 262 g/mol. The van der Waals surface area contributed by atoms with E-state index in [1.165, 1.54) is 12.8 Å². The van der Waals surface area contributed by atoms with Crippen molar-refractivity contribution in [1.82, 2.24) is 16.0 Å². The molecule has 0 radical (unpaired) electrons. The van der Waals surface area contributed by atoms with Crippen LogP contribution in [-0.4, -0.2) is 29.2 Å². The van der Waals surface area contributed by atoms with Crippen LogP contribution < -0.4 is 16.0 Å². The van der Waals surface area contributed by atoms with Gasteiger partial charge in [-0.1, -0.05) is 19.8 Å². The third kappa shape index (κ3) is 5.17. The quantitative estimate of drug-likeness (QED) is 0.733. The monoisotopic (exact) mass is 295 g/mol. The third-order valence-corrected chi connectivity index (χ3v) is 4.80. The molecule has 1 saturated carbocycles. The van der Waals surface area contributed by atoms with Gasteiger partial charge in [0.25, 0.3) is 0 Å². The van der Waals surface area contributed by atoms with Crippen molar-refractivity contribution in [1.29, 1.82) is 0 Å². The topological polar surface area (TPSA) is 53.2 Å². The van der Waals surface area contributed by atoms with Crippen molar-refractivity contribution in [3.8, 4) is 0 Å². The lowest BCUT2D eigenvalue weighted by Gasteiger charge is -2.46. The fourth-order valence-corrected chi connectivity index (χ4v) is 4.40. The third-order valence-electron chi connectivity index (χ3n) is 4.80. The maximum Gasteiger partial charge on any atom is 0.315 e. The lowest BCUT2D eigenvalue weighted by atomic mass is 9.79. The molecule has 1 aliphatic heterocycles. The number of carbonyl (C=O) groups is 1. The van der Waals surface area contributed by atoms with Crippen molar-refractivity contribution in [2.45, 2.75) is 96.3 Å². The second-order valence-corrected chi connectivity index (χ2v) is 8.58. The van der Waals surface area contributed by atoms with Crippen molar-refractivity contribution in [3.05, 3.63) is 0 Å². The Labute approximate surface area is 129 Å². The van der Waals surface area contributed by atoms with Crippen LogP contribution in [0.15, 0.2) is 0 Å². The predicted molar refractivity (Wildman–Crippen MR) is 87.4 cm³/mol. The molecule has 4 heteroatoms. The van der Waals surface area contributed by atoms with Crippen LogP contribution >= 0.6 is 0 Å². The molecule has 0 spiro atoms. The predicted octanol–water partition coefficient (Wildman–Crippen LogP) is 3.17. The van der Waals surface area contributed by atoms with E-state index in [1.807, 2.05) is 0 Å². The summed E-state index contributed by atoms with van der Waals surface area (Å²) in [6.45, 7) is 11.1. The molecule has 0 aromatic rings. The number of rotatable bonds is 2. The number of hydrogen-bond acceptors (Lipinski definition) is 2. The van der Waals surface area contributed by atoms with E-state index in [0.29, 0.717) is 6.04 Å². The van der Waals surface area contributed by atoms with E-state index >= 15 is 0 Å². The molecule has 0 aromatic heterocycles. The molecule has 122 valence electrons. The number of amides is 2. The van der Waals surface area contributed by atoms with Crippen molar-refractivity contribution in [2.24, 2.45) is 5.92 Å². The Morgan fingerprint density at radius 1 is 1.00 bits per heavy atom. The Kier molecular flexibility index (Phi) is 4.86. The summed E-state index contributed by atoms with van der Waals surface area (Å²) in [6.07, 6.45) is 6.74. The van der Waals surface area contributed by atoms with E-state index in [0.717, 1.165) is 31.6 Å². The maximum absolute atomic E-state index is 12.3. The normalized spacial score (nSPS) is 32.4. The van der Waals surface area contributed by atoms with E-state index in [-0.39, 0.29) is 23.2 Å². The Hall–Kier alpha value is -0.770. The first-order valence-corrected chi connectivity index (χ1v) is 8.52. The lowest BCUT2D eigenvalue weighted by Crippen LogP contribution is -2.63. The first kappa shape index (κ1) is 16.6. The molecule has 2 atom stereocenters. The Balaban J connectivity index is 1.84. The van der Waals surface area contributed by atoms with Crippen LogP contribution in [0.2, 0.25) is 0 Å². The smallest absolute Gasteiger partial charge is 0.315 e. The fraction of sp³-hybridized carbons (Fsp3) is 0.941. The molecule has 2 aliphatic rings. The van der Waals surface area contributed by atoms with E-state index in [2.05, 4.69) is 50.6 Å². The second-order valence-electron chi connectivity index (χ2n) is 8.58. The van der Waals surface area contributed by atoms with E-state index in [1.54, 1.807) is 0 Å². The average Bonchev–Trinajstić information content (AvgIpc) is 2.23. The van der Waals surface area contributed by atoms with Gasteiger partial charge in [0.05, 0.1) is 0 Å². The number of urea groups is 1. The highest BCUT2D eigenvalue weighted by Gasteiger charge is 2.38. The molecule has 21 heavy (non-hydrogen) atoms. The highest BCUT2D eigenvalue weighted by Crippen LogP contribution is 2.28. The Morgan fingerprint density at radius 3 is 2.14 bits per heavy atom. The molecule has 2 rings (SSSR count). The Bertz CT molecular complexity index is 362. The minimum atomic E-state index is 0.0209. The van der Waals surface area contributed by atoms with E-state index < -0.39 is 0 Å². The molecule has 0 unspecified atom stereocenters. The van der Waals surface area contributed by atoms with Gasteiger partial charge in [0, 0.05) is 23.2 Å². The number of carbonyl (C=O) groups excluding carboxylic acids is 1. The summed E-state index contributed by atoms with van der Waals surface area (Å²) in [5, 5.41) is 10.0. The molecule has 4 nitrogen and oxygen atoms in total. The molecule has 2 fully saturated rings. The molecule has 0 aromatic carbocycles. The second kappa shape index (κ2) is 6.15. The zero-order chi connectivity index (χ0) is 15.7. The first-order valence-electron chi connectivity index (χ1n) is 8.52. The maximum atomic E-state index is 12.3. The van der Waals surface area contributed by atoms with Gasteiger partial charge in [-0.25, -0.2) is 4.79 Å². The summed E-state index contributed by atoms with van der Waals surface area (Å²) in [4.78, 5) is 12.3. The summed E-state index contributed by atoms with van der Waals surface area (Å²) in [5.74, 6) is 0.737. The van der Waals surface area contributed by atoms with Crippen LogP contribution in [0.4, 0.5) is 4.79 Å². The molecule has 0 bridgehead atoms. The average molecular weight is 295 g/mol. The summed E-state index contributed by atoms with van der Waals surface area (Å²) in [6, 6.07) is 0.626. The minimum Gasteiger partial charge on any atom is -0.335 e. The van der Waals surface area contributed by atoms with Crippen molar-refractivity contribution in [3.63, 3.8) is 0 Å². The van der Waals surface area contributed by atoms with Gasteiger partial charge < -0.3 is 16.0 Å². The van der Waals surface area contributed by atoms with E-state index in [4.69, 9.17) is 0 Å². The number of hydrogen-bond donors (Lipinski definition) is 3. The highest BCUT2D eigenvalue weighted by atomic mass is 16.2. The van der Waals surface area contributed by atoms with Gasteiger partial charge in [-0.2, -0.15) is 0 Å². The zero-order valence-electron chi connectivity index (χ0n) is 14.4. The van der Waals surface area contributed by atoms with Gasteiger partial charge in [-0.05, 0) is 59.3 Å². The summed E-state index contributed by atoms with van der Waals surface area (Å²) < 4.78 is 0. The minimum absolute atomic E-state index is 0.0209. The van der Waals surface area contributed by atoms with Gasteiger partial charge in [0.1, 0.15) is 0 Å². The van der Waals surface area contributed by atoms with Crippen LogP contribution in [-0.2, 0) is 0 Å². The number of piperidine rings is 1. The number of nitrogens with one attached hydrogen (secondary N) is 3.